The van der Waals surface area contributed by atoms with E-state index in [1.165, 1.54) is 15.9 Å². The molecule has 3 heterocycles. The number of thiazole rings is 1. The van der Waals surface area contributed by atoms with Crippen LogP contribution in [0.4, 0.5) is 0 Å². The first-order chi connectivity index (χ1) is 12.6. The summed E-state index contributed by atoms with van der Waals surface area (Å²) >= 11 is 2.95. The SMILES string of the molecule is CC(C)COc1ccc(-c2nc3s/c(=C/c4cccs4)c(=O)n3n2)cc1. The van der Waals surface area contributed by atoms with Crippen LogP contribution in [-0.4, -0.2) is 21.2 Å². The van der Waals surface area contributed by atoms with Gasteiger partial charge in [0, 0.05) is 10.4 Å². The number of aromatic nitrogens is 3. The molecule has 5 nitrogen and oxygen atoms in total. The molecule has 0 fully saturated rings. The highest BCUT2D eigenvalue weighted by molar-refractivity contribution is 7.15. The first-order valence-electron chi connectivity index (χ1n) is 8.28. The second-order valence-corrected chi connectivity index (χ2v) is 8.28. The minimum Gasteiger partial charge on any atom is -0.493 e. The Hall–Kier alpha value is -2.51. The monoisotopic (exact) mass is 383 g/mol. The molecule has 1 aromatic carbocycles. The Morgan fingerprint density at radius 3 is 2.69 bits per heavy atom. The molecule has 0 aliphatic heterocycles. The lowest BCUT2D eigenvalue weighted by molar-refractivity contribution is 0.271. The van der Waals surface area contributed by atoms with Crippen LogP contribution in [0.5, 0.6) is 5.75 Å². The van der Waals surface area contributed by atoms with Crippen molar-refractivity contribution < 1.29 is 4.74 Å². The summed E-state index contributed by atoms with van der Waals surface area (Å²) in [5, 5.41) is 6.37. The van der Waals surface area contributed by atoms with E-state index >= 15 is 0 Å². The van der Waals surface area contributed by atoms with E-state index in [1.54, 1.807) is 11.3 Å². The molecule has 0 radical (unpaired) electrons. The van der Waals surface area contributed by atoms with Crippen LogP contribution in [0.2, 0.25) is 0 Å². The molecule has 4 aromatic rings. The molecule has 0 saturated heterocycles. The zero-order valence-corrected chi connectivity index (χ0v) is 16.0. The summed E-state index contributed by atoms with van der Waals surface area (Å²) < 4.78 is 7.71. The normalized spacial score (nSPS) is 12.3. The lowest BCUT2D eigenvalue weighted by Crippen LogP contribution is -2.23. The molecule has 0 amide bonds. The predicted molar refractivity (Wildman–Crippen MR) is 106 cm³/mol. The molecule has 0 atom stereocenters. The van der Waals surface area contributed by atoms with Crippen LogP contribution in [-0.2, 0) is 0 Å². The van der Waals surface area contributed by atoms with Crippen LogP contribution in [0.15, 0.2) is 46.6 Å². The first-order valence-corrected chi connectivity index (χ1v) is 9.98. The quantitative estimate of drug-likeness (QED) is 0.530. The van der Waals surface area contributed by atoms with Crippen molar-refractivity contribution in [2.45, 2.75) is 13.8 Å². The van der Waals surface area contributed by atoms with E-state index in [-0.39, 0.29) is 5.56 Å². The maximum atomic E-state index is 12.5. The summed E-state index contributed by atoms with van der Waals surface area (Å²) in [5.41, 5.74) is 0.732. The molecule has 0 N–H and O–H groups in total. The van der Waals surface area contributed by atoms with Gasteiger partial charge in [0.25, 0.3) is 5.56 Å². The van der Waals surface area contributed by atoms with E-state index < -0.39 is 0 Å². The van der Waals surface area contributed by atoms with Crippen LogP contribution in [0, 0.1) is 5.92 Å². The highest BCUT2D eigenvalue weighted by Crippen LogP contribution is 2.21. The fraction of sp³-hybridized carbons (Fsp3) is 0.211. The third kappa shape index (κ3) is 3.40. The summed E-state index contributed by atoms with van der Waals surface area (Å²) in [7, 11) is 0. The number of benzene rings is 1. The Kier molecular flexibility index (Phi) is 4.57. The summed E-state index contributed by atoms with van der Waals surface area (Å²) in [6.45, 7) is 4.91. The van der Waals surface area contributed by atoms with E-state index in [4.69, 9.17) is 4.74 Å². The maximum absolute atomic E-state index is 12.5. The van der Waals surface area contributed by atoms with Crippen molar-refractivity contribution in [2.75, 3.05) is 6.61 Å². The lowest BCUT2D eigenvalue weighted by Gasteiger charge is -2.08. The van der Waals surface area contributed by atoms with E-state index in [1.807, 2.05) is 47.9 Å². The number of nitrogens with zero attached hydrogens (tertiary/aromatic N) is 3. The van der Waals surface area contributed by atoms with Gasteiger partial charge in [-0.3, -0.25) is 4.79 Å². The molecule has 0 unspecified atom stereocenters. The Labute approximate surface area is 158 Å². The molecule has 132 valence electrons. The molecular weight excluding hydrogens is 366 g/mol. The average Bonchev–Trinajstić information content (AvgIpc) is 3.34. The Balaban J connectivity index is 1.63. The van der Waals surface area contributed by atoms with Crippen molar-refractivity contribution in [3.8, 4) is 17.1 Å². The van der Waals surface area contributed by atoms with Gasteiger partial charge in [-0.1, -0.05) is 31.3 Å². The molecule has 0 aliphatic rings. The van der Waals surface area contributed by atoms with E-state index in [2.05, 4.69) is 23.9 Å². The van der Waals surface area contributed by atoms with Crippen molar-refractivity contribution in [3.63, 3.8) is 0 Å². The largest absolute Gasteiger partial charge is 0.493 e. The predicted octanol–water partition coefficient (Wildman–Crippen LogP) is 3.46. The average molecular weight is 383 g/mol. The first kappa shape index (κ1) is 16.9. The number of hydrogen-bond donors (Lipinski definition) is 0. The van der Waals surface area contributed by atoms with E-state index in [0.717, 1.165) is 16.2 Å². The van der Waals surface area contributed by atoms with Crippen molar-refractivity contribution in [2.24, 2.45) is 5.92 Å². The summed E-state index contributed by atoms with van der Waals surface area (Å²) in [6, 6.07) is 11.6. The lowest BCUT2D eigenvalue weighted by atomic mass is 10.2. The van der Waals surface area contributed by atoms with E-state index in [9.17, 15) is 4.79 Å². The summed E-state index contributed by atoms with van der Waals surface area (Å²) in [5.74, 6) is 1.85. The second-order valence-electron chi connectivity index (χ2n) is 6.29. The number of rotatable bonds is 5. The van der Waals surface area contributed by atoms with Crippen LogP contribution in [0.25, 0.3) is 22.4 Å². The van der Waals surface area contributed by atoms with Crippen LogP contribution in [0.1, 0.15) is 18.7 Å². The Bertz CT molecular complexity index is 1130. The number of ether oxygens (including phenoxy) is 1. The van der Waals surface area contributed by atoms with Gasteiger partial charge < -0.3 is 4.74 Å². The molecule has 7 heteroatoms. The molecule has 0 spiro atoms. The minimum atomic E-state index is -0.131. The highest BCUT2D eigenvalue weighted by Gasteiger charge is 2.12. The van der Waals surface area contributed by atoms with Gasteiger partial charge >= 0.3 is 0 Å². The van der Waals surface area contributed by atoms with Crippen LogP contribution >= 0.6 is 22.7 Å². The third-order valence-electron chi connectivity index (χ3n) is 3.69. The second kappa shape index (κ2) is 7.01. The van der Waals surface area contributed by atoms with Gasteiger partial charge in [0.05, 0.1) is 11.1 Å². The Morgan fingerprint density at radius 1 is 1.23 bits per heavy atom. The number of thiophene rings is 1. The molecular formula is C19H17N3O2S2. The third-order valence-corrected chi connectivity index (χ3v) is 5.47. The zero-order valence-electron chi connectivity index (χ0n) is 14.4. The van der Waals surface area contributed by atoms with Gasteiger partial charge in [-0.2, -0.15) is 9.50 Å². The fourth-order valence-corrected chi connectivity index (χ4v) is 4.05. The number of fused-ring (bicyclic) bond motifs is 1. The van der Waals surface area contributed by atoms with Gasteiger partial charge in [0.2, 0.25) is 4.96 Å². The van der Waals surface area contributed by atoms with Gasteiger partial charge in [-0.15, -0.1) is 16.4 Å². The van der Waals surface area contributed by atoms with Gasteiger partial charge in [0.1, 0.15) is 5.75 Å². The summed E-state index contributed by atoms with van der Waals surface area (Å²) in [4.78, 5) is 18.7. The molecule has 0 bridgehead atoms. The van der Waals surface area contributed by atoms with Crippen molar-refractivity contribution >= 4 is 33.7 Å². The van der Waals surface area contributed by atoms with Gasteiger partial charge in [-0.25, -0.2) is 0 Å². The van der Waals surface area contributed by atoms with Crippen LogP contribution in [0.3, 0.4) is 0 Å². The summed E-state index contributed by atoms with van der Waals surface area (Å²) in [6.07, 6.45) is 1.88. The molecule has 0 saturated carbocycles. The van der Waals surface area contributed by atoms with Gasteiger partial charge in [-0.05, 0) is 47.7 Å². The number of hydrogen-bond acceptors (Lipinski definition) is 6. The molecule has 26 heavy (non-hydrogen) atoms. The molecule has 4 rings (SSSR count). The standard InChI is InChI=1S/C19H17N3O2S2/c1-12(2)11-24-14-7-5-13(6-8-14)17-20-19-22(21-17)18(23)16(26-19)10-15-4-3-9-25-15/h3-10,12H,11H2,1-2H3/b16-10+. The minimum absolute atomic E-state index is 0.131. The van der Waals surface area contributed by atoms with E-state index in [0.29, 0.717) is 27.8 Å². The van der Waals surface area contributed by atoms with Crippen molar-refractivity contribution in [1.29, 1.82) is 0 Å². The fourth-order valence-electron chi connectivity index (χ4n) is 2.42. The van der Waals surface area contributed by atoms with Crippen LogP contribution < -0.4 is 14.8 Å². The van der Waals surface area contributed by atoms with Crippen molar-refractivity contribution in [3.05, 3.63) is 61.5 Å². The van der Waals surface area contributed by atoms with Crippen molar-refractivity contribution in [1.82, 2.24) is 14.6 Å². The molecule has 0 aliphatic carbocycles. The topological polar surface area (TPSA) is 56.5 Å². The molecule has 3 aromatic heterocycles. The highest BCUT2D eigenvalue weighted by atomic mass is 32.1. The maximum Gasteiger partial charge on any atom is 0.291 e. The smallest absolute Gasteiger partial charge is 0.291 e. The van der Waals surface area contributed by atoms with Gasteiger partial charge in [0.15, 0.2) is 5.82 Å². The Morgan fingerprint density at radius 2 is 2.04 bits per heavy atom. The zero-order chi connectivity index (χ0) is 18.1.